The number of hydrogen-bond acceptors (Lipinski definition) is 5. The van der Waals surface area contributed by atoms with Gasteiger partial charge in [0.25, 0.3) is 5.91 Å². The Balaban J connectivity index is 1.68. The fourth-order valence-electron chi connectivity index (χ4n) is 3.30. The van der Waals surface area contributed by atoms with Crippen molar-refractivity contribution in [3.05, 3.63) is 82.2 Å². The van der Waals surface area contributed by atoms with Gasteiger partial charge >= 0.3 is 0 Å². The van der Waals surface area contributed by atoms with Gasteiger partial charge in [0, 0.05) is 23.8 Å². The molecule has 168 valence electrons. The Bertz CT molecular complexity index is 1300. The molecule has 33 heavy (non-hydrogen) atoms. The standard InChI is InChI=1S/C24H21Cl2N5O2/c1-14(16-6-9-22(33-3)19(26)10-16)28-24(32)21-11-20(15-4-7-18(25)8-5-15)29-23(30-21)17-12-27-31(2)13-17/h4-14H,1-3H3,(H,28,32). The zero-order chi connectivity index (χ0) is 23.5. The van der Waals surface area contributed by atoms with Crippen LogP contribution in [-0.4, -0.2) is 32.8 Å². The van der Waals surface area contributed by atoms with Gasteiger partial charge in [0.2, 0.25) is 0 Å². The van der Waals surface area contributed by atoms with Crippen LogP contribution in [0.1, 0.15) is 29.0 Å². The van der Waals surface area contributed by atoms with Gasteiger partial charge in [-0.3, -0.25) is 9.48 Å². The van der Waals surface area contributed by atoms with Crippen LogP contribution in [0, 0.1) is 0 Å². The number of hydrogen-bond donors (Lipinski definition) is 1. The average Bonchev–Trinajstić information content (AvgIpc) is 3.25. The van der Waals surface area contributed by atoms with Crippen molar-refractivity contribution in [1.82, 2.24) is 25.1 Å². The predicted octanol–water partition coefficient (Wildman–Crippen LogP) is 5.35. The van der Waals surface area contributed by atoms with E-state index in [1.165, 1.54) is 0 Å². The van der Waals surface area contributed by atoms with Crippen LogP contribution in [0.25, 0.3) is 22.6 Å². The number of carbonyl (C=O) groups excluding carboxylic acids is 1. The van der Waals surface area contributed by atoms with Gasteiger partial charge in [0.05, 0.1) is 35.6 Å². The lowest BCUT2D eigenvalue weighted by molar-refractivity contribution is 0.0935. The number of ether oxygens (including phenoxy) is 1. The van der Waals surface area contributed by atoms with Crippen molar-refractivity contribution >= 4 is 29.1 Å². The van der Waals surface area contributed by atoms with E-state index in [-0.39, 0.29) is 17.6 Å². The van der Waals surface area contributed by atoms with Crippen LogP contribution in [-0.2, 0) is 7.05 Å². The van der Waals surface area contributed by atoms with Crippen LogP contribution in [0.3, 0.4) is 0 Å². The number of aromatic nitrogens is 4. The molecule has 1 N–H and O–H groups in total. The van der Waals surface area contributed by atoms with Crippen LogP contribution >= 0.6 is 23.2 Å². The smallest absolute Gasteiger partial charge is 0.270 e. The van der Waals surface area contributed by atoms with Crippen molar-refractivity contribution in [1.29, 1.82) is 0 Å². The van der Waals surface area contributed by atoms with E-state index in [1.807, 2.05) is 32.2 Å². The van der Waals surface area contributed by atoms with Crippen molar-refractivity contribution in [2.45, 2.75) is 13.0 Å². The molecule has 0 fully saturated rings. The molecule has 4 aromatic rings. The zero-order valence-electron chi connectivity index (χ0n) is 18.2. The highest BCUT2D eigenvalue weighted by Crippen LogP contribution is 2.28. The molecule has 0 spiro atoms. The van der Waals surface area contributed by atoms with Crippen molar-refractivity contribution < 1.29 is 9.53 Å². The zero-order valence-corrected chi connectivity index (χ0v) is 19.7. The second-order valence-electron chi connectivity index (χ2n) is 7.46. The summed E-state index contributed by atoms with van der Waals surface area (Å²) in [5.41, 5.74) is 3.20. The number of nitrogens with one attached hydrogen (secondary N) is 1. The van der Waals surface area contributed by atoms with E-state index in [0.29, 0.717) is 32.9 Å². The maximum absolute atomic E-state index is 13.2. The Hall–Kier alpha value is -3.42. The quantitative estimate of drug-likeness (QED) is 0.401. The first-order valence-corrected chi connectivity index (χ1v) is 10.9. The lowest BCUT2D eigenvalue weighted by Gasteiger charge is -2.16. The topological polar surface area (TPSA) is 81.9 Å². The molecule has 0 aliphatic heterocycles. The molecule has 2 aromatic heterocycles. The Morgan fingerprint density at radius 2 is 1.82 bits per heavy atom. The second kappa shape index (κ2) is 9.60. The summed E-state index contributed by atoms with van der Waals surface area (Å²) in [4.78, 5) is 22.3. The first kappa shape index (κ1) is 22.8. The van der Waals surface area contributed by atoms with Gasteiger partial charge in [0.15, 0.2) is 5.82 Å². The SMILES string of the molecule is COc1ccc(C(C)NC(=O)c2cc(-c3ccc(Cl)cc3)nc(-c3cnn(C)c3)n2)cc1Cl. The maximum Gasteiger partial charge on any atom is 0.270 e. The number of benzene rings is 2. The third-order valence-corrected chi connectivity index (χ3v) is 5.63. The molecule has 0 aliphatic rings. The number of amides is 1. The first-order chi connectivity index (χ1) is 15.8. The van der Waals surface area contributed by atoms with Crippen molar-refractivity contribution in [2.24, 2.45) is 7.05 Å². The van der Waals surface area contributed by atoms with Gasteiger partial charge in [-0.05, 0) is 42.8 Å². The summed E-state index contributed by atoms with van der Waals surface area (Å²) in [5, 5.41) is 8.26. The van der Waals surface area contributed by atoms with Gasteiger partial charge in [-0.15, -0.1) is 0 Å². The maximum atomic E-state index is 13.2. The third kappa shape index (κ3) is 5.16. The lowest BCUT2D eigenvalue weighted by Crippen LogP contribution is -2.27. The van der Waals surface area contributed by atoms with E-state index in [1.54, 1.807) is 54.5 Å². The largest absolute Gasteiger partial charge is 0.495 e. The van der Waals surface area contributed by atoms with Gasteiger partial charge < -0.3 is 10.1 Å². The van der Waals surface area contributed by atoms with Gasteiger partial charge in [-0.2, -0.15) is 5.10 Å². The number of carbonyl (C=O) groups is 1. The Morgan fingerprint density at radius 3 is 2.45 bits per heavy atom. The van der Waals surface area contributed by atoms with Crippen molar-refractivity contribution in [2.75, 3.05) is 7.11 Å². The Labute approximate surface area is 201 Å². The molecule has 1 atom stereocenters. The van der Waals surface area contributed by atoms with Crippen molar-refractivity contribution in [3.8, 4) is 28.4 Å². The molecule has 9 heteroatoms. The highest BCUT2D eigenvalue weighted by atomic mass is 35.5. The molecular formula is C24H21Cl2N5O2. The molecule has 0 bridgehead atoms. The van der Waals surface area contributed by atoms with Crippen LogP contribution in [0.2, 0.25) is 10.0 Å². The molecule has 0 saturated carbocycles. The number of aryl methyl sites for hydroxylation is 1. The summed E-state index contributed by atoms with van der Waals surface area (Å²) >= 11 is 12.3. The summed E-state index contributed by atoms with van der Waals surface area (Å²) in [7, 11) is 3.36. The molecule has 2 heterocycles. The fourth-order valence-corrected chi connectivity index (χ4v) is 3.70. The van der Waals surface area contributed by atoms with Crippen LogP contribution in [0.15, 0.2) is 60.9 Å². The molecule has 1 unspecified atom stereocenters. The fraction of sp³-hybridized carbons (Fsp3) is 0.167. The molecule has 0 radical (unpaired) electrons. The van der Waals surface area contributed by atoms with Gasteiger partial charge in [-0.25, -0.2) is 9.97 Å². The summed E-state index contributed by atoms with van der Waals surface area (Å²) in [6, 6.07) is 14.0. The van der Waals surface area contributed by atoms with E-state index in [4.69, 9.17) is 27.9 Å². The third-order valence-electron chi connectivity index (χ3n) is 5.09. The summed E-state index contributed by atoms with van der Waals surface area (Å²) in [6.07, 6.45) is 3.45. The number of nitrogens with zero attached hydrogens (tertiary/aromatic N) is 4. The van der Waals surface area contributed by atoms with E-state index in [2.05, 4.69) is 20.4 Å². The monoisotopic (exact) mass is 481 g/mol. The minimum Gasteiger partial charge on any atom is -0.495 e. The highest BCUT2D eigenvalue weighted by molar-refractivity contribution is 6.32. The Kier molecular flexibility index (Phi) is 6.62. The minimum atomic E-state index is -0.336. The second-order valence-corrected chi connectivity index (χ2v) is 8.30. The first-order valence-electron chi connectivity index (χ1n) is 10.1. The highest BCUT2D eigenvalue weighted by Gasteiger charge is 2.18. The average molecular weight is 482 g/mol. The molecule has 2 aromatic carbocycles. The van der Waals surface area contributed by atoms with E-state index >= 15 is 0 Å². The van der Waals surface area contributed by atoms with E-state index in [9.17, 15) is 4.79 Å². The molecule has 0 aliphatic carbocycles. The van der Waals surface area contributed by atoms with Crippen molar-refractivity contribution in [3.63, 3.8) is 0 Å². The summed E-state index contributed by atoms with van der Waals surface area (Å²) in [6.45, 7) is 1.87. The number of methoxy groups -OCH3 is 1. The summed E-state index contributed by atoms with van der Waals surface area (Å²) in [5.74, 6) is 0.640. The molecule has 0 saturated heterocycles. The van der Waals surface area contributed by atoms with Gasteiger partial charge in [-0.1, -0.05) is 41.4 Å². The Morgan fingerprint density at radius 1 is 1.06 bits per heavy atom. The normalized spacial score (nSPS) is 11.8. The van der Waals surface area contributed by atoms with Crippen LogP contribution in [0.4, 0.5) is 0 Å². The van der Waals surface area contributed by atoms with Crippen LogP contribution in [0.5, 0.6) is 5.75 Å². The molecule has 4 rings (SSSR count). The van der Waals surface area contributed by atoms with E-state index in [0.717, 1.165) is 11.1 Å². The molecule has 1 amide bonds. The number of halogens is 2. The van der Waals surface area contributed by atoms with Crippen LogP contribution < -0.4 is 10.1 Å². The van der Waals surface area contributed by atoms with Gasteiger partial charge in [0.1, 0.15) is 11.4 Å². The lowest BCUT2D eigenvalue weighted by atomic mass is 10.1. The number of rotatable bonds is 6. The summed E-state index contributed by atoms with van der Waals surface area (Å²) < 4.78 is 6.85. The minimum absolute atomic E-state index is 0.236. The van der Waals surface area contributed by atoms with E-state index < -0.39 is 0 Å². The molecule has 7 nitrogen and oxygen atoms in total. The predicted molar refractivity (Wildman–Crippen MR) is 129 cm³/mol. The molecular weight excluding hydrogens is 461 g/mol.